The van der Waals surface area contributed by atoms with Gasteiger partial charge < -0.3 is 9.63 Å². The molecular weight excluding hydrogens is 184 g/mol. The van der Waals surface area contributed by atoms with Gasteiger partial charge in [-0.1, -0.05) is 10.4 Å². The first-order valence-corrected chi connectivity index (χ1v) is 4.20. The Morgan fingerprint density at radius 1 is 1.57 bits per heavy atom. The lowest BCUT2D eigenvalue weighted by atomic mass is 10.4. The third-order valence-corrected chi connectivity index (χ3v) is 1.74. The van der Waals surface area contributed by atoms with Crippen molar-refractivity contribution in [3.05, 3.63) is 29.4 Å². The molecule has 0 amide bonds. The molecule has 0 aliphatic heterocycles. The first-order valence-electron chi connectivity index (χ1n) is 4.20. The van der Waals surface area contributed by atoms with E-state index in [2.05, 4.69) is 15.5 Å². The minimum atomic E-state index is -0.102. The van der Waals surface area contributed by atoms with Gasteiger partial charge >= 0.3 is 0 Å². The van der Waals surface area contributed by atoms with Gasteiger partial charge in [0.2, 0.25) is 0 Å². The van der Waals surface area contributed by atoms with E-state index in [0.717, 1.165) is 11.5 Å². The van der Waals surface area contributed by atoms with E-state index in [1.54, 1.807) is 10.9 Å². The summed E-state index contributed by atoms with van der Waals surface area (Å²) in [4.78, 5) is 0. The molecule has 0 bridgehead atoms. The van der Waals surface area contributed by atoms with E-state index in [4.69, 9.17) is 9.63 Å². The third kappa shape index (κ3) is 1.80. The fraction of sp³-hybridized carbons (Fsp3) is 0.375. The number of aromatic nitrogens is 4. The Balaban J connectivity index is 2.10. The minimum absolute atomic E-state index is 0.102. The fourth-order valence-corrected chi connectivity index (χ4v) is 1.14. The SMILES string of the molecule is Cc1cc(Cn2cc(CO)nn2)on1. The minimum Gasteiger partial charge on any atom is -0.390 e. The Morgan fingerprint density at radius 2 is 2.43 bits per heavy atom. The van der Waals surface area contributed by atoms with E-state index in [0.29, 0.717) is 12.2 Å². The quantitative estimate of drug-likeness (QED) is 0.750. The van der Waals surface area contributed by atoms with Crippen molar-refractivity contribution in [3.8, 4) is 0 Å². The van der Waals surface area contributed by atoms with Gasteiger partial charge in [-0.25, -0.2) is 4.68 Å². The van der Waals surface area contributed by atoms with Crippen LogP contribution in [0.5, 0.6) is 0 Å². The highest BCUT2D eigenvalue weighted by atomic mass is 16.5. The number of aliphatic hydroxyl groups excluding tert-OH is 1. The topological polar surface area (TPSA) is 77.0 Å². The molecule has 6 heteroatoms. The van der Waals surface area contributed by atoms with Crippen molar-refractivity contribution in [1.82, 2.24) is 20.2 Å². The number of hydrogen-bond donors (Lipinski definition) is 1. The summed E-state index contributed by atoms with van der Waals surface area (Å²) in [6.45, 7) is 2.23. The zero-order valence-electron chi connectivity index (χ0n) is 7.71. The smallest absolute Gasteiger partial charge is 0.158 e. The maximum absolute atomic E-state index is 8.77. The lowest BCUT2D eigenvalue weighted by Gasteiger charge is -1.92. The molecule has 14 heavy (non-hydrogen) atoms. The van der Waals surface area contributed by atoms with Crippen LogP contribution in [0.15, 0.2) is 16.8 Å². The summed E-state index contributed by atoms with van der Waals surface area (Å²) in [6, 6.07) is 1.83. The van der Waals surface area contributed by atoms with Gasteiger partial charge in [0.05, 0.1) is 18.5 Å². The first-order chi connectivity index (χ1) is 6.78. The Labute approximate surface area is 80.1 Å². The van der Waals surface area contributed by atoms with Gasteiger partial charge in [-0.3, -0.25) is 0 Å². The molecule has 0 aliphatic carbocycles. The third-order valence-electron chi connectivity index (χ3n) is 1.74. The highest BCUT2D eigenvalue weighted by molar-refractivity contribution is 5.03. The molecule has 2 heterocycles. The Bertz CT molecular complexity index is 420. The van der Waals surface area contributed by atoms with Crippen molar-refractivity contribution in [2.24, 2.45) is 0 Å². The van der Waals surface area contributed by atoms with Crippen molar-refractivity contribution in [2.75, 3.05) is 0 Å². The van der Waals surface area contributed by atoms with E-state index in [1.165, 1.54) is 0 Å². The predicted molar refractivity (Wildman–Crippen MR) is 46.3 cm³/mol. The number of hydrogen-bond acceptors (Lipinski definition) is 5. The second-order valence-electron chi connectivity index (χ2n) is 3.00. The van der Waals surface area contributed by atoms with Crippen LogP contribution in [0.2, 0.25) is 0 Å². The van der Waals surface area contributed by atoms with Crippen molar-refractivity contribution in [2.45, 2.75) is 20.1 Å². The van der Waals surface area contributed by atoms with Crippen molar-refractivity contribution < 1.29 is 9.63 Å². The highest BCUT2D eigenvalue weighted by Gasteiger charge is 2.04. The largest absolute Gasteiger partial charge is 0.390 e. The van der Waals surface area contributed by atoms with Crippen LogP contribution in [0.4, 0.5) is 0 Å². The molecule has 74 valence electrons. The van der Waals surface area contributed by atoms with E-state index >= 15 is 0 Å². The molecule has 0 unspecified atom stereocenters. The van der Waals surface area contributed by atoms with Crippen LogP contribution in [0.25, 0.3) is 0 Å². The molecule has 0 radical (unpaired) electrons. The number of rotatable bonds is 3. The number of aryl methyl sites for hydroxylation is 1. The van der Waals surface area contributed by atoms with Crippen LogP contribution in [-0.4, -0.2) is 25.3 Å². The van der Waals surface area contributed by atoms with E-state index < -0.39 is 0 Å². The zero-order chi connectivity index (χ0) is 9.97. The van der Waals surface area contributed by atoms with Gasteiger partial charge in [0, 0.05) is 6.07 Å². The predicted octanol–water partition coefficient (Wildman–Crippen LogP) is 0.115. The van der Waals surface area contributed by atoms with Gasteiger partial charge in [-0.2, -0.15) is 0 Å². The maximum Gasteiger partial charge on any atom is 0.158 e. The molecule has 0 atom stereocenters. The molecule has 2 rings (SSSR count). The summed E-state index contributed by atoms with van der Waals surface area (Å²) >= 11 is 0. The summed E-state index contributed by atoms with van der Waals surface area (Å²) in [5.74, 6) is 0.719. The van der Waals surface area contributed by atoms with Crippen molar-refractivity contribution in [3.63, 3.8) is 0 Å². The lowest BCUT2D eigenvalue weighted by Crippen LogP contribution is -1.98. The summed E-state index contributed by atoms with van der Waals surface area (Å²) < 4.78 is 6.60. The first kappa shape index (κ1) is 8.89. The second-order valence-corrected chi connectivity index (χ2v) is 3.00. The van der Waals surface area contributed by atoms with Gasteiger partial charge in [0.15, 0.2) is 5.76 Å². The zero-order valence-corrected chi connectivity index (χ0v) is 7.71. The van der Waals surface area contributed by atoms with E-state index in [9.17, 15) is 0 Å². The van der Waals surface area contributed by atoms with Gasteiger partial charge in [0.1, 0.15) is 12.2 Å². The van der Waals surface area contributed by atoms with Gasteiger partial charge in [-0.05, 0) is 6.92 Å². The second kappa shape index (κ2) is 3.59. The molecule has 0 spiro atoms. The van der Waals surface area contributed by atoms with Crippen LogP contribution in [0.1, 0.15) is 17.1 Å². The average molecular weight is 194 g/mol. The van der Waals surface area contributed by atoms with Crippen LogP contribution >= 0.6 is 0 Å². The standard InChI is InChI=1S/C8H10N4O2/c1-6-2-8(14-10-6)4-12-3-7(5-13)9-11-12/h2-3,13H,4-5H2,1H3. The molecule has 0 saturated carbocycles. The molecule has 0 aromatic carbocycles. The normalized spacial score (nSPS) is 10.7. The number of aliphatic hydroxyl groups is 1. The average Bonchev–Trinajstić information content (AvgIpc) is 2.76. The fourth-order valence-electron chi connectivity index (χ4n) is 1.14. The Hall–Kier alpha value is -1.69. The maximum atomic E-state index is 8.77. The van der Waals surface area contributed by atoms with Crippen molar-refractivity contribution >= 4 is 0 Å². The van der Waals surface area contributed by atoms with E-state index in [1.807, 2.05) is 13.0 Å². The highest BCUT2D eigenvalue weighted by Crippen LogP contribution is 2.04. The Morgan fingerprint density at radius 3 is 3.00 bits per heavy atom. The molecule has 2 aromatic rings. The van der Waals surface area contributed by atoms with Gasteiger partial charge in [0.25, 0.3) is 0 Å². The number of nitrogens with zero attached hydrogens (tertiary/aromatic N) is 4. The molecule has 0 fully saturated rings. The summed E-state index contributed by atoms with van der Waals surface area (Å²) in [5.41, 5.74) is 1.38. The summed E-state index contributed by atoms with van der Waals surface area (Å²) in [7, 11) is 0. The summed E-state index contributed by atoms with van der Waals surface area (Å²) in [5, 5.41) is 20.1. The molecule has 6 nitrogen and oxygen atoms in total. The van der Waals surface area contributed by atoms with Crippen LogP contribution < -0.4 is 0 Å². The van der Waals surface area contributed by atoms with Crippen LogP contribution in [-0.2, 0) is 13.2 Å². The van der Waals surface area contributed by atoms with Crippen molar-refractivity contribution in [1.29, 1.82) is 0 Å². The monoisotopic (exact) mass is 194 g/mol. The Kier molecular flexibility index (Phi) is 2.28. The summed E-state index contributed by atoms with van der Waals surface area (Å²) in [6.07, 6.45) is 1.66. The molecule has 1 N–H and O–H groups in total. The molecule has 0 aliphatic rings. The molecule has 0 saturated heterocycles. The van der Waals surface area contributed by atoms with E-state index in [-0.39, 0.29) is 6.61 Å². The lowest BCUT2D eigenvalue weighted by molar-refractivity contribution is 0.276. The van der Waals surface area contributed by atoms with Gasteiger partial charge in [-0.15, -0.1) is 5.10 Å². The molecular formula is C8H10N4O2. The molecule has 2 aromatic heterocycles. The van der Waals surface area contributed by atoms with Crippen LogP contribution in [0, 0.1) is 6.92 Å². The van der Waals surface area contributed by atoms with Crippen LogP contribution in [0.3, 0.4) is 0 Å².